The molecule has 4 saturated carbocycles. The van der Waals surface area contributed by atoms with Crippen LogP contribution in [0.4, 0.5) is 0 Å². The molecule has 0 aliphatic heterocycles. The van der Waals surface area contributed by atoms with Crippen molar-refractivity contribution in [1.82, 2.24) is 0 Å². The fourth-order valence-corrected chi connectivity index (χ4v) is 7.82. The Kier molecular flexibility index (Phi) is 7.20. The zero-order valence-corrected chi connectivity index (χ0v) is 23.0. The Morgan fingerprint density at radius 2 is 1.51 bits per heavy atom. The Bertz CT molecular complexity index is 1320. The van der Waals surface area contributed by atoms with Crippen LogP contribution in [0.15, 0.2) is 72.8 Å². The monoisotopic (exact) mass is 522 g/mol. The molecule has 4 bridgehead atoms. The number of ether oxygens (including phenoxy) is 3. The lowest BCUT2D eigenvalue weighted by Crippen LogP contribution is -2.48. The Morgan fingerprint density at radius 1 is 0.872 bits per heavy atom. The summed E-state index contributed by atoms with van der Waals surface area (Å²) in [7, 11) is 1.65. The first-order valence-corrected chi connectivity index (χ1v) is 14.4. The summed E-state index contributed by atoms with van der Waals surface area (Å²) in [6.45, 7) is 2.73. The van der Waals surface area contributed by atoms with Gasteiger partial charge in [0.25, 0.3) is 0 Å². The first kappa shape index (κ1) is 25.7. The lowest BCUT2D eigenvalue weighted by molar-refractivity contribution is -0.137. The molecule has 0 saturated heterocycles. The first-order valence-electron chi connectivity index (χ1n) is 14.4. The third-order valence-electron chi connectivity index (χ3n) is 9.07. The molecule has 4 aliphatic rings. The van der Waals surface area contributed by atoms with E-state index in [1.807, 2.05) is 19.1 Å². The summed E-state index contributed by atoms with van der Waals surface area (Å²) < 4.78 is 17.2. The third kappa shape index (κ3) is 5.34. The fraction of sp³-hybridized carbons (Fsp3) is 0.400. The van der Waals surface area contributed by atoms with Crippen LogP contribution in [-0.2, 0) is 21.6 Å². The molecular weight excluding hydrogens is 484 g/mol. The van der Waals surface area contributed by atoms with Crippen LogP contribution in [0.3, 0.4) is 0 Å². The highest BCUT2D eigenvalue weighted by Gasteiger charge is 2.52. The lowest BCUT2D eigenvalue weighted by atomic mass is 9.48. The van der Waals surface area contributed by atoms with E-state index in [1.54, 1.807) is 13.2 Å². The molecule has 0 N–H and O–H groups in total. The third-order valence-corrected chi connectivity index (χ3v) is 9.07. The van der Waals surface area contributed by atoms with E-state index in [2.05, 4.69) is 54.6 Å². The van der Waals surface area contributed by atoms with E-state index in [4.69, 9.17) is 14.2 Å². The normalized spacial score (nSPS) is 25.1. The van der Waals surface area contributed by atoms with Crippen molar-refractivity contribution in [3.8, 4) is 22.6 Å². The summed E-state index contributed by atoms with van der Waals surface area (Å²) in [5, 5.41) is 0. The molecule has 0 amide bonds. The SMILES string of the molecule is CCOC(=O)C=Cc1cc(-c2ccc(OCc3ccccc3)c(C34CC5CC(CC(C5)C3)C4)c2)ccc1OC. The minimum absolute atomic E-state index is 0.204. The summed E-state index contributed by atoms with van der Waals surface area (Å²) in [6, 6.07) is 23.4. The number of hydrogen-bond donors (Lipinski definition) is 0. The Hall–Kier alpha value is -3.53. The maximum absolute atomic E-state index is 12.0. The van der Waals surface area contributed by atoms with Gasteiger partial charge in [-0.1, -0.05) is 42.5 Å². The molecule has 7 rings (SSSR count). The second kappa shape index (κ2) is 10.9. The summed E-state index contributed by atoms with van der Waals surface area (Å²) in [5.41, 5.74) is 5.89. The second-order valence-corrected chi connectivity index (χ2v) is 11.7. The van der Waals surface area contributed by atoms with Gasteiger partial charge in [0.05, 0.1) is 13.7 Å². The van der Waals surface area contributed by atoms with E-state index in [9.17, 15) is 4.79 Å². The van der Waals surface area contributed by atoms with E-state index in [-0.39, 0.29) is 11.4 Å². The highest BCUT2D eigenvalue weighted by Crippen LogP contribution is 2.62. The number of carbonyl (C=O) groups is 1. The molecule has 0 radical (unpaired) electrons. The first-order chi connectivity index (χ1) is 19.0. The van der Waals surface area contributed by atoms with E-state index in [0.29, 0.717) is 13.2 Å². The summed E-state index contributed by atoms with van der Waals surface area (Å²) in [4.78, 5) is 12.0. The van der Waals surface area contributed by atoms with Crippen molar-refractivity contribution in [2.24, 2.45) is 17.8 Å². The molecule has 0 heterocycles. The van der Waals surface area contributed by atoms with Crippen LogP contribution in [0, 0.1) is 17.8 Å². The van der Waals surface area contributed by atoms with Gasteiger partial charge in [0, 0.05) is 17.2 Å². The molecule has 0 atom stereocenters. The predicted molar refractivity (Wildman–Crippen MR) is 155 cm³/mol. The fourth-order valence-electron chi connectivity index (χ4n) is 7.82. The van der Waals surface area contributed by atoms with Gasteiger partial charge in [0.2, 0.25) is 0 Å². The van der Waals surface area contributed by atoms with Crippen LogP contribution in [0.5, 0.6) is 11.5 Å². The predicted octanol–water partition coefficient (Wildman–Crippen LogP) is 7.99. The van der Waals surface area contributed by atoms with Gasteiger partial charge < -0.3 is 14.2 Å². The zero-order chi connectivity index (χ0) is 26.8. The highest BCUT2D eigenvalue weighted by molar-refractivity contribution is 5.88. The summed E-state index contributed by atoms with van der Waals surface area (Å²) in [6.07, 6.45) is 11.3. The number of hydrogen-bond acceptors (Lipinski definition) is 4. The van der Waals surface area contributed by atoms with Crippen molar-refractivity contribution in [3.63, 3.8) is 0 Å². The molecule has 4 aliphatic carbocycles. The minimum Gasteiger partial charge on any atom is -0.496 e. The van der Waals surface area contributed by atoms with Crippen LogP contribution in [-0.4, -0.2) is 19.7 Å². The number of benzene rings is 3. The summed E-state index contributed by atoms with van der Waals surface area (Å²) in [5.74, 6) is 3.95. The minimum atomic E-state index is -0.353. The van der Waals surface area contributed by atoms with Gasteiger partial charge >= 0.3 is 5.97 Å². The quantitative estimate of drug-likeness (QED) is 0.211. The number of carbonyl (C=O) groups excluding carboxylic acids is 1. The summed E-state index contributed by atoms with van der Waals surface area (Å²) >= 11 is 0. The standard InChI is InChI=1S/C35H38O4/c1-3-38-34(36)14-11-30-18-28(9-12-32(30)37-2)29-10-13-33(39-23-24-7-5-4-6-8-24)31(19-29)35-20-25-15-26(21-35)17-27(16-25)22-35/h4-14,18-19,25-27H,3,15-17,20-23H2,1-2H3. The van der Waals surface area contributed by atoms with E-state index < -0.39 is 0 Å². The number of methoxy groups -OCH3 is 1. The van der Waals surface area contributed by atoms with Gasteiger partial charge in [-0.3, -0.25) is 0 Å². The van der Waals surface area contributed by atoms with Gasteiger partial charge in [0.1, 0.15) is 18.1 Å². The van der Waals surface area contributed by atoms with E-state index in [0.717, 1.165) is 40.4 Å². The zero-order valence-electron chi connectivity index (χ0n) is 23.0. The van der Waals surface area contributed by atoms with Crippen LogP contribution >= 0.6 is 0 Å². The average molecular weight is 523 g/mol. The van der Waals surface area contributed by atoms with Gasteiger partial charge in [-0.25, -0.2) is 4.79 Å². The number of esters is 1. The molecule has 4 nitrogen and oxygen atoms in total. The molecule has 0 spiro atoms. The molecule has 3 aromatic carbocycles. The van der Waals surface area contributed by atoms with Gasteiger partial charge in [-0.15, -0.1) is 0 Å². The topological polar surface area (TPSA) is 44.8 Å². The van der Waals surface area contributed by atoms with Crippen LogP contribution in [0.1, 0.15) is 62.1 Å². The largest absolute Gasteiger partial charge is 0.496 e. The van der Waals surface area contributed by atoms with Crippen molar-refractivity contribution in [3.05, 3.63) is 89.5 Å². The van der Waals surface area contributed by atoms with Crippen molar-refractivity contribution in [1.29, 1.82) is 0 Å². The molecular formula is C35H38O4. The van der Waals surface area contributed by atoms with Gasteiger partial charge in [0.15, 0.2) is 0 Å². The van der Waals surface area contributed by atoms with Crippen LogP contribution in [0.2, 0.25) is 0 Å². The van der Waals surface area contributed by atoms with E-state index in [1.165, 1.54) is 61.3 Å². The molecule has 39 heavy (non-hydrogen) atoms. The van der Waals surface area contributed by atoms with Crippen LogP contribution < -0.4 is 9.47 Å². The highest BCUT2D eigenvalue weighted by atomic mass is 16.5. The maximum Gasteiger partial charge on any atom is 0.330 e. The van der Waals surface area contributed by atoms with Crippen LogP contribution in [0.25, 0.3) is 17.2 Å². The van der Waals surface area contributed by atoms with Gasteiger partial charge in [-0.2, -0.15) is 0 Å². The molecule has 4 heteroatoms. The molecule has 202 valence electrons. The Morgan fingerprint density at radius 3 is 2.15 bits per heavy atom. The maximum atomic E-state index is 12.0. The van der Waals surface area contributed by atoms with Crippen molar-refractivity contribution < 1.29 is 19.0 Å². The Labute approximate surface area is 232 Å². The molecule has 0 aromatic heterocycles. The Balaban J connectivity index is 1.37. The van der Waals surface area contributed by atoms with Crippen molar-refractivity contribution in [2.75, 3.05) is 13.7 Å². The molecule has 4 fully saturated rings. The van der Waals surface area contributed by atoms with Crippen molar-refractivity contribution >= 4 is 12.0 Å². The molecule has 0 unspecified atom stereocenters. The van der Waals surface area contributed by atoms with Gasteiger partial charge in [-0.05, 0) is 116 Å². The number of rotatable bonds is 9. The lowest BCUT2D eigenvalue weighted by Gasteiger charge is -2.57. The smallest absolute Gasteiger partial charge is 0.330 e. The average Bonchev–Trinajstić information content (AvgIpc) is 2.95. The van der Waals surface area contributed by atoms with Crippen molar-refractivity contribution in [2.45, 2.75) is 57.5 Å². The second-order valence-electron chi connectivity index (χ2n) is 11.7. The van der Waals surface area contributed by atoms with E-state index >= 15 is 0 Å². The molecule has 3 aromatic rings.